The van der Waals surface area contributed by atoms with E-state index in [1.807, 2.05) is 6.07 Å². The van der Waals surface area contributed by atoms with Gasteiger partial charge in [-0.1, -0.05) is 12.1 Å². The smallest absolute Gasteiger partial charge is 0.343 e. The zero-order valence-electron chi connectivity index (χ0n) is 13.9. The Bertz CT molecular complexity index is 817. The highest BCUT2D eigenvalue weighted by molar-refractivity contribution is 5.91. The Kier molecular flexibility index (Phi) is 6.95. The van der Waals surface area contributed by atoms with Crippen molar-refractivity contribution < 1.29 is 24.2 Å². The summed E-state index contributed by atoms with van der Waals surface area (Å²) in [4.78, 5) is 22.6. The second-order valence-corrected chi connectivity index (χ2v) is 5.26. The van der Waals surface area contributed by atoms with Gasteiger partial charge < -0.3 is 14.6 Å². The Morgan fingerprint density at radius 1 is 1.04 bits per heavy atom. The standard InChI is InChI=1S/C20H17NO5/c21-13-1-2-14-25-17-10-6-16(7-11-17)20(24)26-18-8-3-15(4-9-18)5-12-19(22)23/h3-12H,1-2,14H2,(H,22,23). The van der Waals surface area contributed by atoms with Gasteiger partial charge in [0.05, 0.1) is 18.2 Å². The summed E-state index contributed by atoms with van der Waals surface area (Å²) in [5, 5.41) is 17.0. The normalized spacial score (nSPS) is 10.3. The van der Waals surface area contributed by atoms with E-state index in [2.05, 4.69) is 0 Å². The van der Waals surface area contributed by atoms with Crippen molar-refractivity contribution in [2.45, 2.75) is 12.8 Å². The molecule has 0 bridgehead atoms. The molecule has 0 saturated heterocycles. The molecule has 1 N–H and O–H groups in total. The van der Waals surface area contributed by atoms with E-state index in [0.29, 0.717) is 42.1 Å². The number of nitrogens with zero attached hydrogens (tertiary/aromatic N) is 1. The number of hydrogen-bond acceptors (Lipinski definition) is 5. The lowest BCUT2D eigenvalue weighted by atomic mass is 10.2. The maximum Gasteiger partial charge on any atom is 0.343 e. The molecule has 0 saturated carbocycles. The first-order chi connectivity index (χ1) is 12.6. The Balaban J connectivity index is 1.91. The first-order valence-corrected chi connectivity index (χ1v) is 7.91. The molecule has 0 aliphatic rings. The lowest BCUT2D eigenvalue weighted by molar-refractivity contribution is -0.131. The number of carboxylic acids is 1. The molecule has 0 radical (unpaired) electrons. The number of carboxylic acid groups (broad SMARTS) is 1. The molecule has 0 spiro atoms. The van der Waals surface area contributed by atoms with E-state index in [-0.39, 0.29) is 0 Å². The molecule has 0 unspecified atom stereocenters. The Hall–Kier alpha value is -3.59. The number of carbonyl (C=O) groups excluding carboxylic acids is 1. The van der Waals surface area contributed by atoms with Crippen molar-refractivity contribution in [1.29, 1.82) is 5.26 Å². The molecule has 2 rings (SSSR count). The minimum absolute atomic E-state index is 0.360. The number of nitriles is 1. The topological polar surface area (TPSA) is 96.6 Å². The molecule has 26 heavy (non-hydrogen) atoms. The van der Waals surface area contributed by atoms with Gasteiger partial charge in [0.25, 0.3) is 0 Å². The number of hydrogen-bond donors (Lipinski definition) is 1. The zero-order valence-corrected chi connectivity index (χ0v) is 13.9. The van der Waals surface area contributed by atoms with E-state index < -0.39 is 11.9 Å². The summed E-state index contributed by atoms with van der Waals surface area (Å²) in [7, 11) is 0. The summed E-state index contributed by atoms with van der Waals surface area (Å²) in [6, 6.07) is 15.1. The van der Waals surface area contributed by atoms with Crippen LogP contribution in [0.5, 0.6) is 11.5 Å². The van der Waals surface area contributed by atoms with Crippen molar-refractivity contribution in [3.05, 3.63) is 65.7 Å². The summed E-state index contributed by atoms with van der Waals surface area (Å²) in [6.45, 7) is 0.444. The zero-order chi connectivity index (χ0) is 18.8. The minimum Gasteiger partial charge on any atom is -0.494 e. The quantitative estimate of drug-likeness (QED) is 0.337. The fourth-order valence-corrected chi connectivity index (χ4v) is 2.01. The first kappa shape index (κ1) is 18.7. The highest BCUT2D eigenvalue weighted by Crippen LogP contribution is 2.17. The van der Waals surface area contributed by atoms with Crippen LogP contribution < -0.4 is 9.47 Å². The van der Waals surface area contributed by atoms with Gasteiger partial charge in [0.1, 0.15) is 11.5 Å². The first-order valence-electron chi connectivity index (χ1n) is 7.91. The molecule has 0 fully saturated rings. The maximum atomic E-state index is 12.1. The van der Waals surface area contributed by atoms with Gasteiger partial charge in [0.15, 0.2) is 0 Å². The van der Waals surface area contributed by atoms with Gasteiger partial charge in [0.2, 0.25) is 0 Å². The van der Waals surface area contributed by atoms with Gasteiger partial charge in [-0.05, 0) is 54.5 Å². The summed E-state index contributed by atoms with van der Waals surface area (Å²) in [5.74, 6) is -0.554. The molecule has 0 aromatic heterocycles. The van der Waals surface area contributed by atoms with Gasteiger partial charge >= 0.3 is 11.9 Å². The van der Waals surface area contributed by atoms with E-state index in [0.717, 1.165) is 6.08 Å². The van der Waals surface area contributed by atoms with E-state index in [4.69, 9.17) is 19.8 Å². The van der Waals surface area contributed by atoms with Crippen LogP contribution in [0.25, 0.3) is 6.08 Å². The highest BCUT2D eigenvalue weighted by atomic mass is 16.5. The molecule has 6 heteroatoms. The summed E-state index contributed by atoms with van der Waals surface area (Å²) < 4.78 is 10.7. The number of rotatable bonds is 8. The number of esters is 1. The second-order valence-electron chi connectivity index (χ2n) is 5.26. The van der Waals surface area contributed by atoms with Gasteiger partial charge in [-0.3, -0.25) is 0 Å². The molecule has 6 nitrogen and oxygen atoms in total. The number of ether oxygens (including phenoxy) is 2. The van der Waals surface area contributed by atoms with Gasteiger partial charge in [0, 0.05) is 12.5 Å². The van der Waals surface area contributed by atoms with Crippen LogP contribution in [0.15, 0.2) is 54.6 Å². The van der Waals surface area contributed by atoms with E-state index in [1.54, 1.807) is 48.5 Å². The van der Waals surface area contributed by atoms with Crippen LogP contribution in [0.3, 0.4) is 0 Å². The van der Waals surface area contributed by atoms with Crippen LogP contribution >= 0.6 is 0 Å². The molecule has 0 amide bonds. The number of benzene rings is 2. The van der Waals surface area contributed by atoms with E-state index >= 15 is 0 Å². The summed E-state index contributed by atoms with van der Waals surface area (Å²) >= 11 is 0. The van der Waals surface area contributed by atoms with Crippen molar-refractivity contribution in [3.8, 4) is 17.6 Å². The van der Waals surface area contributed by atoms with Gasteiger partial charge in [-0.2, -0.15) is 5.26 Å². The third-order valence-corrected chi connectivity index (χ3v) is 3.30. The van der Waals surface area contributed by atoms with Gasteiger partial charge in [-0.15, -0.1) is 0 Å². The van der Waals surface area contributed by atoms with Crippen LogP contribution in [0.1, 0.15) is 28.8 Å². The molecule has 0 aliphatic heterocycles. The lowest BCUT2D eigenvalue weighted by Gasteiger charge is -2.07. The molecule has 0 atom stereocenters. The molecule has 2 aromatic rings. The predicted molar refractivity (Wildman–Crippen MR) is 94.9 cm³/mol. The predicted octanol–water partition coefficient (Wildman–Crippen LogP) is 3.69. The van der Waals surface area contributed by atoms with E-state index in [9.17, 15) is 9.59 Å². The number of carbonyl (C=O) groups is 2. The average Bonchev–Trinajstić information content (AvgIpc) is 2.65. The van der Waals surface area contributed by atoms with Crippen molar-refractivity contribution >= 4 is 18.0 Å². The lowest BCUT2D eigenvalue weighted by Crippen LogP contribution is -2.08. The van der Waals surface area contributed by atoms with Crippen LogP contribution in [-0.2, 0) is 4.79 Å². The fraction of sp³-hybridized carbons (Fsp3) is 0.150. The van der Waals surface area contributed by atoms with Gasteiger partial charge in [-0.25, -0.2) is 9.59 Å². The second kappa shape index (κ2) is 9.64. The van der Waals surface area contributed by atoms with Crippen LogP contribution in [-0.4, -0.2) is 23.7 Å². The third kappa shape index (κ3) is 6.13. The molecule has 0 aliphatic carbocycles. The number of aliphatic carboxylic acids is 1. The fourth-order valence-electron chi connectivity index (χ4n) is 2.01. The van der Waals surface area contributed by atoms with Crippen molar-refractivity contribution in [3.63, 3.8) is 0 Å². The van der Waals surface area contributed by atoms with Crippen molar-refractivity contribution in [2.24, 2.45) is 0 Å². The third-order valence-electron chi connectivity index (χ3n) is 3.30. The van der Waals surface area contributed by atoms with Crippen LogP contribution in [0, 0.1) is 11.3 Å². The highest BCUT2D eigenvalue weighted by Gasteiger charge is 2.08. The largest absolute Gasteiger partial charge is 0.494 e. The monoisotopic (exact) mass is 351 g/mol. The van der Waals surface area contributed by atoms with Crippen LogP contribution in [0.2, 0.25) is 0 Å². The van der Waals surface area contributed by atoms with Crippen LogP contribution in [0.4, 0.5) is 0 Å². The van der Waals surface area contributed by atoms with Crippen molar-refractivity contribution in [2.75, 3.05) is 6.61 Å². The van der Waals surface area contributed by atoms with E-state index in [1.165, 1.54) is 6.08 Å². The molecular weight excluding hydrogens is 334 g/mol. The summed E-state index contributed by atoms with van der Waals surface area (Å²) in [5.41, 5.74) is 1.06. The molecule has 132 valence electrons. The van der Waals surface area contributed by atoms with Crippen molar-refractivity contribution in [1.82, 2.24) is 0 Å². The maximum absolute atomic E-state index is 12.1. The molecular formula is C20H17NO5. The Morgan fingerprint density at radius 2 is 1.69 bits per heavy atom. The Labute approximate surface area is 150 Å². The SMILES string of the molecule is N#CCCCOc1ccc(C(=O)Oc2ccc(C=CC(=O)O)cc2)cc1. The molecule has 0 heterocycles. The average molecular weight is 351 g/mol. The molecule has 2 aromatic carbocycles. The minimum atomic E-state index is -1.03. The Morgan fingerprint density at radius 3 is 2.31 bits per heavy atom. The summed E-state index contributed by atoms with van der Waals surface area (Å²) in [6.07, 6.45) is 3.57. The number of unbranched alkanes of at least 4 members (excludes halogenated alkanes) is 1.